The summed E-state index contributed by atoms with van der Waals surface area (Å²) in [5.74, 6) is -1.06. The van der Waals surface area contributed by atoms with Crippen LogP contribution in [-0.2, 0) is 4.79 Å². The summed E-state index contributed by atoms with van der Waals surface area (Å²) >= 11 is 0. The third-order valence-electron chi connectivity index (χ3n) is 6.79. The molecule has 4 aromatic rings. The average molecular weight is 497 g/mol. The van der Waals surface area contributed by atoms with E-state index in [4.69, 9.17) is 9.15 Å². The van der Waals surface area contributed by atoms with Crippen LogP contribution >= 0.6 is 0 Å². The molecule has 7 nitrogen and oxygen atoms in total. The molecule has 1 N–H and O–H groups in total. The largest absolute Gasteiger partial charge is 0.503 e. The maximum atomic E-state index is 13.8. The van der Waals surface area contributed by atoms with Crippen molar-refractivity contribution >= 4 is 34.0 Å². The fraction of sp³-hybridized carbons (Fsp3) is 0.200. The van der Waals surface area contributed by atoms with Gasteiger partial charge in [-0.3, -0.25) is 14.5 Å². The minimum Gasteiger partial charge on any atom is -0.503 e. The zero-order chi connectivity index (χ0) is 26.1. The van der Waals surface area contributed by atoms with Gasteiger partial charge in [0.15, 0.2) is 11.5 Å². The number of aliphatic hydroxyl groups is 1. The second-order valence-electron chi connectivity index (χ2n) is 8.78. The summed E-state index contributed by atoms with van der Waals surface area (Å²) in [7, 11) is 1.57. The molecule has 0 saturated heterocycles. The first-order valence-corrected chi connectivity index (χ1v) is 12.3. The fourth-order valence-electron chi connectivity index (χ4n) is 4.84. The average Bonchev–Trinajstić information content (AvgIpc) is 3.48. The normalized spacial score (nSPS) is 15.5. The topological polar surface area (TPSA) is 83.2 Å². The van der Waals surface area contributed by atoms with E-state index in [1.54, 1.807) is 43.5 Å². The molecule has 0 radical (unpaired) electrons. The lowest BCUT2D eigenvalue weighted by Crippen LogP contribution is -2.31. The highest BCUT2D eigenvalue weighted by molar-refractivity contribution is 6.20. The monoisotopic (exact) mass is 496 g/mol. The second kappa shape index (κ2) is 9.85. The number of rotatable bonds is 8. The summed E-state index contributed by atoms with van der Waals surface area (Å²) in [6.45, 7) is 5.87. The van der Waals surface area contributed by atoms with Gasteiger partial charge in [-0.2, -0.15) is 0 Å². The highest BCUT2D eigenvalue weighted by Crippen LogP contribution is 2.43. The van der Waals surface area contributed by atoms with Gasteiger partial charge in [-0.25, -0.2) is 0 Å². The SMILES string of the molecule is CCN(CC)c1ccc(N2C(=O)C(O)=C(C(=O)c3cc4ccccc4o3)C2c2ccc(OC)cc2)cc1. The molecule has 0 aliphatic carbocycles. The lowest BCUT2D eigenvalue weighted by Gasteiger charge is -2.28. The van der Waals surface area contributed by atoms with Crippen molar-refractivity contribution in [3.8, 4) is 5.75 Å². The maximum Gasteiger partial charge on any atom is 0.294 e. The van der Waals surface area contributed by atoms with Gasteiger partial charge in [-0.05, 0) is 67.9 Å². The van der Waals surface area contributed by atoms with Crippen LogP contribution in [0.1, 0.15) is 36.0 Å². The Labute approximate surface area is 215 Å². The molecule has 0 spiro atoms. The lowest BCUT2D eigenvalue weighted by molar-refractivity contribution is -0.117. The van der Waals surface area contributed by atoms with Gasteiger partial charge < -0.3 is 19.2 Å². The summed E-state index contributed by atoms with van der Waals surface area (Å²) in [4.78, 5) is 30.9. The Morgan fingerprint density at radius 3 is 2.30 bits per heavy atom. The molecule has 1 aromatic heterocycles. The van der Waals surface area contributed by atoms with Crippen molar-refractivity contribution in [2.24, 2.45) is 0 Å². The molecule has 7 heteroatoms. The lowest BCUT2D eigenvalue weighted by atomic mass is 9.94. The number of carbonyl (C=O) groups excluding carboxylic acids is 2. The van der Waals surface area contributed by atoms with E-state index in [0.717, 1.165) is 24.2 Å². The zero-order valence-corrected chi connectivity index (χ0v) is 21.0. The van der Waals surface area contributed by atoms with E-state index in [1.165, 1.54) is 4.90 Å². The summed E-state index contributed by atoms with van der Waals surface area (Å²) in [5.41, 5.74) is 2.78. The molecule has 0 bridgehead atoms. The first kappa shape index (κ1) is 24.2. The molecular weight excluding hydrogens is 468 g/mol. The third kappa shape index (κ3) is 4.22. The summed E-state index contributed by atoms with van der Waals surface area (Å²) in [5, 5.41) is 11.8. The van der Waals surface area contributed by atoms with Crippen LogP contribution in [0.2, 0.25) is 0 Å². The summed E-state index contributed by atoms with van der Waals surface area (Å²) in [6.07, 6.45) is 0. The molecule has 0 fully saturated rings. The standard InChI is InChI=1S/C30H28N2O5/c1-4-31(5-2)21-12-14-22(15-13-21)32-27(19-10-16-23(36-3)17-11-19)26(29(34)30(32)35)28(33)25-18-20-8-6-7-9-24(20)37-25/h6-18,27,34H,4-5H2,1-3H3. The molecule has 1 aliphatic rings. The number of methoxy groups -OCH3 is 1. The van der Waals surface area contributed by atoms with E-state index in [9.17, 15) is 14.7 Å². The van der Waals surface area contributed by atoms with Gasteiger partial charge >= 0.3 is 0 Å². The second-order valence-corrected chi connectivity index (χ2v) is 8.78. The van der Waals surface area contributed by atoms with Gasteiger partial charge in [0, 0.05) is 29.9 Å². The van der Waals surface area contributed by atoms with E-state index >= 15 is 0 Å². The number of anilines is 2. The van der Waals surface area contributed by atoms with E-state index in [-0.39, 0.29) is 11.3 Å². The molecule has 5 rings (SSSR count). The van der Waals surface area contributed by atoms with Gasteiger partial charge in [0.2, 0.25) is 5.78 Å². The number of ketones is 1. The smallest absolute Gasteiger partial charge is 0.294 e. The van der Waals surface area contributed by atoms with Crippen LogP contribution in [0.5, 0.6) is 5.75 Å². The van der Waals surface area contributed by atoms with Gasteiger partial charge in [-0.1, -0.05) is 30.3 Å². The number of amides is 1. The molecule has 188 valence electrons. The van der Waals surface area contributed by atoms with E-state index in [0.29, 0.717) is 22.6 Å². The van der Waals surface area contributed by atoms with Crippen molar-refractivity contribution in [3.63, 3.8) is 0 Å². The van der Waals surface area contributed by atoms with Gasteiger partial charge in [0.25, 0.3) is 5.91 Å². The van der Waals surface area contributed by atoms with Crippen LogP contribution in [0.4, 0.5) is 11.4 Å². The van der Waals surface area contributed by atoms with Crippen LogP contribution in [0.15, 0.2) is 94.6 Å². The number of carbonyl (C=O) groups is 2. The van der Waals surface area contributed by atoms with E-state index in [2.05, 4.69) is 18.7 Å². The van der Waals surface area contributed by atoms with Gasteiger partial charge in [0.1, 0.15) is 11.3 Å². The fourth-order valence-corrected chi connectivity index (χ4v) is 4.84. The Balaban J connectivity index is 1.60. The zero-order valence-electron chi connectivity index (χ0n) is 21.0. The number of furan rings is 1. The Hall–Kier alpha value is -4.52. The molecule has 0 saturated carbocycles. The Bertz CT molecular complexity index is 1450. The number of hydrogen-bond acceptors (Lipinski definition) is 6. The molecule has 3 aromatic carbocycles. The van der Waals surface area contributed by atoms with Crippen molar-refractivity contribution in [1.82, 2.24) is 0 Å². The Kier molecular flexibility index (Phi) is 6.44. The van der Waals surface area contributed by atoms with Crippen LogP contribution in [-0.4, -0.2) is 37.0 Å². The molecule has 1 amide bonds. The van der Waals surface area contributed by atoms with Crippen LogP contribution in [0.3, 0.4) is 0 Å². The quantitative estimate of drug-likeness (QED) is 0.298. The van der Waals surface area contributed by atoms with Crippen molar-refractivity contribution in [2.45, 2.75) is 19.9 Å². The minimum atomic E-state index is -0.849. The number of fused-ring (bicyclic) bond motifs is 1. The first-order chi connectivity index (χ1) is 18.0. The van der Waals surface area contributed by atoms with Crippen LogP contribution in [0, 0.1) is 0 Å². The van der Waals surface area contributed by atoms with E-state index < -0.39 is 23.5 Å². The molecule has 1 unspecified atom stereocenters. The number of para-hydroxylation sites is 1. The highest BCUT2D eigenvalue weighted by Gasteiger charge is 2.45. The third-order valence-corrected chi connectivity index (χ3v) is 6.79. The van der Waals surface area contributed by atoms with Crippen LogP contribution < -0.4 is 14.5 Å². The van der Waals surface area contributed by atoms with Crippen molar-refractivity contribution in [1.29, 1.82) is 0 Å². The van der Waals surface area contributed by atoms with Gasteiger partial charge in [-0.15, -0.1) is 0 Å². The number of nitrogens with zero attached hydrogens (tertiary/aromatic N) is 2. The minimum absolute atomic E-state index is 0.0259. The Morgan fingerprint density at radius 2 is 1.68 bits per heavy atom. The molecular formula is C30H28N2O5. The van der Waals surface area contributed by atoms with Crippen LogP contribution in [0.25, 0.3) is 11.0 Å². The van der Waals surface area contributed by atoms with Gasteiger partial charge in [0.05, 0.1) is 18.7 Å². The number of Topliss-reactive ketones (excluding diaryl/α,β-unsaturated/α-hetero) is 1. The van der Waals surface area contributed by atoms with Crippen molar-refractivity contribution in [3.05, 3.63) is 102 Å². The van der Waals surface area contributed by atoms with Crippen molar-refractivity contribution in [2.75, 3.05) is 30.0 Å². The van der Waals surface area contributed by atoms with E-state index in [1.807, 2.05) is 42.5 Å². The Morgan fingerprint density at radius 1 is 1.00 bits per heavy atom. The molecule has 2 heterocycles. The summed E-state index contributed by atoms with van der Waals surface area (Å²) in [6, 6.07) is 22.7. The number of hydrogen-bond donors (Lipinski definition) is 1. The maximum absolute atomic E-state index is 13.8. The predicted molar refractivity (Wildman–Crippen MR) is 143 cm³/mol. The molecule has 1 atom stereocenters. The molecule has 37 heavy (non-hydrogen) atoms. The first-order valence-electron chi connectivity index (χ1n) is 12.3. The summed E-state index contributed by atoms with van der Waals surface area (Å²) < 4.78 is 11.1. The molecule has 1 aliphatic heterocycles. The number of benzene rings is 3. The predicted octanol–water partition coefficient (Wildman–Crippen LogP) is 6.07. The number of ether oxygens (including phenoxy) is 1. The highest BCUT2D eigenvalue weighted by atomic mass is 16.5. The van der Waals surface area contributed by atoms with Crippen molar-refractivity contribution < 1.29 is 23.8 Å². The number of aliphatic hydroxyl groups excluding tert-OH is 1.